The number of carbonyl (C=O) groups excluding carboxylic acids is 1. The highest BCUT2D eigenvalue weighted by Crippen LogP contribution is 2.48. The van der Waals surface area contributed by atoms with Crippen LogP contribution in [0.1, 0.15) is 94.9 Å². The summed E-state index contributed by atoms with van der Waals surface area (Å²) in [6.07, 6.45) is -7.29. The molecular formula is C36H63NO12. The molecule has 0 aromatic heterocycles. The van der Waals surface area contributed by atoms with Crippen LogP contribution >= 0.6 is 0 Å². The fraction of sp³-hybridized carbons (Fsp3) is 0.917. The molecule has 3 saturated heterocycles. The first-order valence-corrected chi connectivity index (χ1v) is 17.9. The van der Waals surface area contributed by atoms with Gasteiger partial charge >= 0.3 is 5.97 Å². The lowest BCUT2D eigenvalue weighted by molar-refractivity contribution is -0.314. The number of aliphatic hydroxyl groups is 4. The molecule has 0 spiro atoms. The number of aliphatic hydroxyl groups excluding tert-OH is 3. The maximum atomic E-state index is 14.2. The average molecular weight is 702 g/mol. The van der Waals surface area contributed by atoms with Crippen molar-refractivity contribution in [2.75, 3.05) is 14.2 Å². The SMILES string of the molecule is CC[C@@H](O)[C@@](C)(O)[C@H]1OC(=O)C(C)C(O[C@H]2C[C@@](C)(OC)[C@@H](O)[C@H](C)O2)[C@H](C)[C@@H](O[C@@H]2O[C@H](C)C[C@H](NC)[C@H]2O)[C@@]2(C)CC(C)=C(O2)[C@@H]1C. The number of nitrogens with one attached hydrogen (secondary N) is 1. The van der Waals surface area contributed by atoms with Gasteiger partial charge < -0.3 is 58.9 Å². The number of esters is 1. The van der Waals surface area contributed by atoms with Crippen molar-refractivity contribution in [1.29, 1.82) is 0 Å². The third kappa shape index (κ3) is 7.86. The molecule has 0 aromatic carbocycles. The summed E-state index contributed by atoms with van der Waals surface area (Å²) in [6.45, 7) is 17.9. The Kier molecular flexibility index (Phi) is 12.6. The van der Waals surface area contributed by atoms with E-state index in [1.165, 1.54) is 14.0 Å². The number of likely N-dealkylation sites (N-methyl/N-ethyl adjacent to an activating group) is 1. The Labute approximate surface area is 291 Å². The highest BCUT2D eigenvalue weighted by Gasteiger charge is 2.56. The number of ether oxygens (including phenoxy) is 7. The van der Waals surface area contributed by atoms with Crippen molar-refractivity contribution >= 4 is 5.97 Å². The minimum Gasteiger partial charge on any atom is -0.488 e. The van der Waals surface area contributed by atoms with E-state index in [0.717, 1.165) is 5.57 Å². The number of fused-ring (bicyclic) bond motifs is 2. The van der Waals surface area contributed by atoms with Gasteiger partial charge in [0.25, 0.3) is 0 Å². The largest absolute Gasteiger partial charge is 0.488 e. The van der Waals surface area contributed by atoms with Gasteiger partial charge in [-0.2, -0.15) is 0 Å². The van der Waals surface area contributed by atoms with Crippen LogP contribution in [0.3, 0.4) is 0 Å². The van der Waals surface area contributed by atoms with Gasteiger partial charge in [0.1, 0.15) is 41.4 Å². The zero-order valence-electron chi connectivity index (χ0n) is 31.5. The van der Waals surface area contributed by atoms with E-state index in [9.17, 15) is 25.2 Å². The maximum Gasteiger partial charge on any atom is 0.311 e. The van der Waals surface area contributed by atoms with Gasteiger partial charge in [0.15, 0.2) is 12.6 Å². The second-order valence-electron chi connectivity index (χ2n) is 15.7. The summed E-state index contributed by atoms with van der Waals surface area (Å²) in [5.74, 6) is -2.26. The number of cyclic esters (lactones) is 1. The Balaban J connectivity index is 1.82. The predicted octanol–water partition coefficient (Wildman–Crippen LogP) is 2.55. The first kappa shape index (κ1) is 40.4. The molecule has 13 nitrogen and oxygen atoms in total. The molecule has 17 atom stereocenters. The second kappa shape index (κ2) is 15.3. The quantitative estimate of drug-likeness (QED) is 0.222. The fourth-order valence-corrected chi connectivity index (χ4v) is 8.52. The molecular weight excluding hydrogens is 638 g/mol. The molecule has 49 heavy (non-hydrogen) atoms. The lowest BCUT2D eigenvalue weighted by atomic mass is 9.78. The molecule has 2 bridgehead atoms. The molecule has 0 amide bonds. The Hall–Kier alpha value is -1.39. The van der Waals surface area contributed by atoms with E-state index in [4.69, 9.17) is 33.2 Å². The van der Waals surface area contributed by atoms with Crippen molar-refractivity contribution in [2.45, 2.75) is 179 Å². The van der Waals surface area contributed by atoms with Crippen LogP contribution in [0.5, 0.6) is 0 Å². The summed E-state index contributed by atoms with van der Waals surface area (Å²) in [5, 5.41) is 48.1. The minimum atomic E-state index is -1.82. The molecule has 4 heterocycles. The van der Waals surface area contributed by atoms with Crippen LogP contribution in [0.25, 0.3) is 0 Å². The Morgan fingerprint density at radius 3 is 2.33 bits per heavy atom. The molecule has 0 aliphatic carbocycles. The molecule has 0 aromatic rings. The van der Waals surface area contributed by atoms with E-state index in [1.807, 2.05) is 34.6 Å². The van der Waals surface area contributed by atoms with Gasteiger partial charge in [0.05, 0.1) is 41.9 Å². The summed E-state index contributed by atoms with van der Waals surface area (Å²) in [4.78, 5) is 14.2. The van der Waals surface area contributed by atoms with Gasteiger partial charge in [0.2, 0.25) is 0 Å². The van der Waals surface area contributed by atoms with Crippen LogP contribution in [-0.2, 0) is 38.0 Å². The zero-order valence-corrected chi connectivity index (χ0v) is 31.5. The van der Waals surface area contributed by atoms with Crippen LogP contribution in [-0.4, -0.2) is 125 Å². The van der Waals surface area contributed by atoms with Crippen molar-refractivity contribution in [3.63, 3.8) is 0 Å². The van der Waals surface area contributed by atoms with E-state index in [0.29, 0.717) is 18.6 Å². The van der Waals surface area contributed by atoms with Crippen molar-refractivity contribution < 1.29 is 58.4 Å². The van der Waals surface area contributed by atoms with Crippen LogP contribution in [0.2, 0.25) is 0 Å². The second-order valence-corrected chi connectivity index (χ2v) is 15.7. The highest BCUT2D eigenvalue weighted by atomic mass is 16.7. The standard InChI is InChI=1S/C36H63NO12/c1-13-24(38)36(10,42)31-19(4)27-17(2)15-35(9,49-27)30(48-33-26(39)23(37-11)14-18(3)44-33)20(5)28(21(6)32(41)47-31)46-25-16-34(8,43-12)29(40)22(7)45-25/h18-26,28-31,33,37-40,42H,13-16H2,1-12H3/t18-,19+,20+,21?,22+,23+,24-,25+,26-,28?,29+,30-,31+,33+,34-,35-,36-/m1/s1. The van der Waals surface area contributed by atoms with Crippen LogP contribution in [0, 0.1) is 17.8 Å². The summed E-state index contributed by atoms with van der Waals surface area (Å²) >= 11 is 0. The Bertz CT molecular complexity index is 1180. The summed E-state index contributed by atoms with van der Waals surface area (Å²) in [6, 6.07) is -0.274. The van der Waals surface area contributed by atoms with Gasteiger partial charge in [-0.15, -0.1) is 0 Å². The first-order valence-electron chi connectivity index (χ1n) is 17.9. The summed E-state index contributed by atoms with van der Waals surface area (Å²) in [5.41, 5.74) is -2.95. The molecule has 0 saturated carbocycles. The fourth-order valence-electron chi connectivity index (χ4n) is 8.52. The van der Waals surface area contributed by atoms with Gasteiger partial charge in [-0.05, 0) is 73.9 Å². The predicted molar refractivity (Wildman–Crippen MR) is 179 cm³/mol. The molecule has 284 valence electrons. The summed E-state index contributed by atoms with van der Waals surface area (Å²) < 4.78 is 44.6. The van der Waals surface area contributed by atoms with Gasteiger partial charge in [-0.25, -0.2) is 0 Å². The van der Waals surface area contributed by atoms with Gasteiger partial charge in [-0.3, -0.25) is 4.79 Å². The third-order valence-corrected chi connectivity index (χ3v) is 11.7. The summed E-state index contributed by atoms with van der Waals surface area (Å²) in [7, 11) is 3.31. The molecule has 13 heteroatoms. The maximum absolute atomic E-state index is 14.2. The molecule has 2 unspecified atom stereocenters. The normalized spacial score (nSPS) is 47.1. The van der Waals surface area contributed by atoms with E-state index in [1.54, 1.807) is 34.7 Å². The smallest absolute Gasteiger partial charge is 0.311 e. The van der Waals surface area contributed by atoms with E-state index in [-0.39, 0.29) is 25.0 Å². The van der Waals surface area contributed by atoms with Crippen LogP contribution in [0.15, 0.2) is 11.3 Å². The van der Waals surface area contributed by atoms with E-state index >= 15 is 0 Å². The van der Waals surface area contributed by atoms with Crippen LogP contribution < -0.4 is 5.32 Å². The van der Waals surface area contributed by atoms with Crippen molar-refractivity contribution in [2.24, 2.45) is 17.8 Å². The number of rotatable bonds is 9. The number of hydrogen-bond acceptors (Lipinski definition) is 13. The van der Waals surface area contributed by atoms with Crippen molar-refractivity contribution in [3.8, 4) is 0 Å². The molecule has 4 rings (SSSR count). The molecule has 0 radical (unpaired) electrons. The van der Waals surface area contributed by atoms with Crippen molar-refractivity contribution in [1.82, 2.24) is 5.32 Å². The molecule has 4 aliphatic rings. The van der Waals surface area contributed by atoms with Crippen molar-refractivity contribution in [3.05, 3.63) is 11.3 Å². The monoisotopic (exact) mass is 701 g/mol. The lowest BCUT2D eigenvalue weighted by Gasteiger charge is -2.48. The Morgan fingerprint density at radius 2 is 1.73 bits per heavy atom. The molecule has 4 aliphatic heterocycles. The lowest BCUT2D eigenvalue weighted by Crippen LogP contribution is -2.60. The van der Waals surface area contributed by atoms with Gasteiger partial charge in [0, 0.05) is 31.9 Å². The van der Waals surface area contributed by atoms with Gasteiger partial charge in [-0.1, -0.05) is 20.8 Å². The first-order chi connectivity index (χ1) is 22.7. The van der Waals surface area contributed by atoms with Crippen LogP contribution in [0.4, 0.5) is 0 Å². The minimum absolute atomic E-state index is 0.174. The molecule has 5 N–H and O–H groups in total. The number of methoxy groups -OCH3 is 1. The third-order valence-electron chi connectivity index (χ3n) is 11.7. The van der Waals surface area contributed by atoms with E-state index in [2.05, 4.69) is 5.32 Å². The highest BCUT2D eigenvalue weighted by molar-refractivity contribution is 5.73. The topological polar surface area (TPSA) is 175 Å². The zero-order chi connectivity index (χ0) is 36.8. The molecule has 3 fully saturated rings. The van der Waals surface area contributed by atoms with E-state index < -0.39 is 95.8 Å². The number of hydrogen-bond donors (Lipinski definition) is 5. The Morgan fingerprint density at radius 1 is 1.08 bits per heavy atom. The number of carbonyl (C=O) groups is 1. The average Bonchev–Trinajstić information content (AvgIpc) is 3.37.